The molecule has 1 saturated heterocycles. The first-order valence-corrected chi connectivity index (χ1v) is 6.13. The molecule has 0 amide bonds. The van der Waals surface area contributed by atoms with Crippen molar-refractivity contribution >= 4 is 11.3 Å². The van der Waals surface area contributed by atoms with Gasteiger partial charge in [-0.2, -0.15) is 0 Å². The number of nitrogens with one attached hydrogen (secondary N) is 1. The van der Waals surface area contributed by atoms with Gasteiger partial charge in [0.25, 0.3) is 0 Å². The van der Waals surface area contributed by atoms with Crippen LogP contribution >= 0.6 is 11.3 Å². The van der Waals surface area contributed by atoms with Crippen molar-refractivity contribution in [2.75, 3.05) is 13.1 Å². The number of aryl methyl sites for hydroxylation is 1. The van der Waals surface area contributed by atoms with E-state index in [4.69, 9.17) is 0 Å². The summed E-state index contributed by atoms with van der Waals surface area (Å²) in [6.45, 7) is 2.42. The van der Waals surface area contributed by atoms with Crippen LogP contribution in [-0.4, -0.2) is 13.1 Å². The van der Waals surface area contributed by atoms with Gasteiger partial charge in [-0.1, -0.05) is 0 Å². The number of thiophene rings is 1. The van der Waals surface area contributed by atoms with Crippen LogP contribution in [0.15, 0.2) is 5.38 Å². The lowest BCUT2D eigenvalue weighted by Gasteiger charge is -2.28. The Labute approximate surface area is 83.2 Å². The van der Waals surface area contributed by atoms with E-state index < -0.39 is 0 Å². The van der Waals surface area contributed by atoms with Crippen molar-refractivity contribution in [1.82, 2.24) is 5.32 Å². The van der Waals surface area contributed by atoms with Crippen molar-refractivity contribution < 1.29 is 0 Å². The van der Waals surface area contributed by atoms with Crippen LogP contribution in [0.3, 0.4) is 0 Å². The normalized spacial score (nSPS) is 22.5. The zero-order chi connectivity index (χ0) is 8.67. The van der Waals surface area contributed by atoms with Crippen LogP contribution in [0.4, 0.5) is 0 Å². The van der Waals surface area contributed by atoms with Crippen molar-refractivity contribution in [3.63, 3.8) is 0 Å². The number of rotatable bonds is 1. The molecule has 0 bridgehead atoms. The van der Waals surface area contributed by atoms with Crippen molar-refractivity contribution in [2.24, 2.45) is 0 Å². The Morgan fingerprint density at radius 1 is 1.23 bits per heavy atom. The lowest BCUT2D eigenvalue weighted by atomic mass is 9.87. The summed E-state index contributed by atoms with van der Waals surface area (Å²) in [6, 6.07) is 0. The standard InChI is InChI=1S/C11H15NS/c1-2-4-11-9(3-1)10(7-13-11)8-5-12-6-8/h7-8,12H,1-6H2. The topological polar surface area (TPSA) is 12.0 Å². The van der Waals surface area contributed by atoms with Crippen LogP contribution in [0.1, 0.15) is 34.8 Å². The van der Waals surface area contributed by atoms with Crippen molar-refractivity contribution in [2.45, 2.75) is 31.6 Å². The molecule has 1 fully saturated rings. The Balaban J connectivity index is 1.95. The van der Waals surface area contributed by atoms with Gasteiger partial charge in [-0.05, 0) is 42.2 Å². The molecule has 1 aliphatic carbocycles. The third-order valence-corrected chi connectivity index (χ3v) is 4.42. The van der Waals surface area contributed by atoms with Crippen LogP contribution in [-0.2, 0) is 12.8 Å². The van der Waals surface area contributed by atoms with Crippen LogP contribution in [0.2, 0.25) is 0 Å². The zero-order valence-corrected chi connectivity index (χ0v) is 8.62. The van der Waals surface area contributed by atoms with E-state index in [2.05, 4.69) is 10.7 Å². The molecule has 0 radical (unpaired) electrons. The highest BCUT2D eigenvalue weighted by Crippen LogP contribution is 2.35. The minimum atomic E-state index is 0.845. The highest BCUT2D eigenvalue weighted by molar-refractivity contribution is 7.10. The van der Waals surface area contributed by atoms with Crippen molar-refractivity contribution in [1.29, 1.82) is 0 Å². The molecule has 2 heteroatoms. The molecule has 0 spiro atoms. The van der Waals surface area contributed by atoms with Gasteiger partial charge in [0.2, 0.25) is 0 Å². The van der Waals surface area contributed by atoms with E-state index in [1.807, 2.05) is 11.3 Å². The van der Waals surface area contributed by atoms with Gasteiger partial charge in [0, 0.05) is 23.9 Å². The van der Waals surface area contributed by atoms with Gasteiger partial charge >= 0.3 is 0 Å². The average molecular weight is 193 g/mol. The fourth-order valence-electron chi connectivity index (χ4n) is 2.37. The van der Waals surface area contributed by atoms with E-state index in [0.29, 0.717) is 0 Å². The van der Waals surface area contributed by atoms with Gasteiger partial charge in [0.05, 0.1) is 0 Å². The second-order valence-corrected chi connectivity index (χ2v) is 5.12. The first-order chi connectivity index (χ1) is 6.45. The molecule has 13 heavy (non-hydrogen) atoms. The third kappa shape index (κ3) is 1.24. The zero-order valence-electron chi connectivity index (χ0n) is 7.81. The molecule has 2 heterocycles. The van der Waals surface area contributed by atoms with E-state index in [-0.39, 0.29) is 0 Å². The highest BCUT2D eigenvalue weighted by atomic mass is 32.1. The Kier molecular flexibility index (Phi) is 1.91. The highest BCUT2D eigenvalue weighted by Gasteiger charge is 2.25. The molecule has 1 nitrogen and oxygen atoms in total. The van der Waals surface area contributed by atoms with Gasteiger partial charge in [-0.3, -0.25) is 0 Å². The van der Waals surface area contributed by atoms with Crippen LogP contribution in [0, 0.1) is 0 Å². The predicted molar refractivity (Wildman–Crippen MR) is 56.6 cm³/mol. The fraction of sp³-hybridized carbons (Fsp3) is 0.636. The molecule has 3 rings (SSSR count). The van der Waals surface area contributed by atoms with E-state index >= 15 is 0 Å². The number of hydrogen-bond acceptors (Lipinski definition) is 2. The molecular weight excluding hydrogens is 178 g/mol. The van der Waals surface area contributed by atoms with E-state index in [0.717, 1.165) is 5.92 Å². The lowest BCUT2D eigenvalue weighted by Crippen LogP contribution is -2.40. The van der Waals surface area contributed by atoms with Gasteiger partial charge in [-0.15, -0.1) is 11.3 Å². The monoisotopic (exact) mass is 193 g/mol. The Bertz CT molecular complexity index is 312. The Morgan fingerprint density at radius 3 is 2.85 bits per heavy atom. The van der Waals surface area contributed by atoms with E-state index in [9.17, 15) is 0 Å². The molecule has 1 N–H and O–H groups in total. The van der Waals surface area contributed by atoms with Crippen LogP contribution in [0.25, 0.3) is 0 Å². The maximum absolute atomic E-state index is 3.36. The Hall–Kier alpha value is -0.340. The van der Waals surface area contributed by atoms with Crippen LogP contribution in [0.5, 0.6) is 0 Å². The van der Waals surface area contributed by atoms with Gasteiger partial charge < -0.3 is 5.32 Å². The average Bonchev–Trinajstić information content (AvgIpc) is 2.47. The van der Waals surface area contributed by atoms with E-state index in [1.165, 1.54) is 38.8 Å². The molecule has 70 valence electrons. The van der Waals surface area contributed by atoms with Gasteiger partial charge in [0.1, 0.15) is 0 Å². The van der Waals surface area contributed by atoms with Gasteiger partial charge in [0.15, 0.2) is 0 Å². The largest absolute Gasteiger partial charge is 0.315 e. The first kappa shape index (κ1) is 8.01. The first-order valence-electron chi connectivity index (χ1n) is 5.25. The molecule has 2 aliphatic rings. The molecule has 0 unspecified atom stereocenters. The Morgan fingerprint density at radius 2 is 2.08 bits per heavy atom. The minimum absolute atomic E-state index is 0.845. The van der Waals surface area contributed by atoms with Gasteiger partial charge in [-0.25, -0.2) is 0 Å². The number of hydrogen-bond donors (Lipinski definition) is 1. The quantitative estimate of drug-likeness (QED) is 0.721. The summed E-state index contributed by atoms with van der Waals surface area (Å²) in [5.74, 6) is 0.845. The van der Waals surface area contributed by atoms with Crippen molar-refractivity contribution in [3.05, 3.63) is 21.4 Å². The van der Waals surface area contributed by atoms with Crippen molar-refractivity contribution in [3.8, 4) is 0 Å². The summed E-state index contributed by atoms with van der Waals surface area (Å²) in [5.41, 5.74) is 3.40. The fourth-order valence-corrected chi connectivity index (χ4v) is 3.60. The maximum Gasteiger partial charge on any atom is 0.00996 e. The summed E-state index contributed by atoms with van der Waals surface area (Å²) in [7, 11) is 0. The minimum Gasteiger partial charge on any atom is -0.315 e. The summed E-state index contributed by atoms with van der Waals surface area (Å²) in [5, 5.41) is 5.78. The summed E-state index contributed by atoms with van der Waals surface area (Å²) < 4.78 is 0. The van der Waals surface area contributed by atoms with E-state index in [1.54, 1.807) is 16.0 Å². The summed E-state index contributed by atoms with van der Waals surface area (Å²) >= 11 is 2.00. The second-order valence-electron chi connectivity index (χ2n) is 4.16. The molecule has 1 aliphatic heterocycles. The van der Waals surface area contributed by atoms with Crippen LogP contribution < -0.4 is 5.32 Å². The SMILES string of the molecule is c1sc2c(c1C1CNC1)CCCC2. The second kappa shape index (κ2) is 3.10. The summed E-state index contributed by atoms with van der Waals surface area (Å²) in [6.07, 6.45) is 5.53. The lowest BCUT2D eigenvalue weighted by molar-refractivity contribution is 0.445. The summed E-state index contributed by atoms with van der Waals surface area (Å²) in [4.78, 5) is 1.69. The maximum atomic E-state index is 3.36. The molecular formula is C11H15NS. The predicted octanol–water partition coefficient (Wildman–Crippen LogP) is 2.31. The third-order valence-electron chi connectivity index (χ3n) is 3.32. The molecule has 0 aromatic carbocycles. The molecule has 0 atom stereocenters. The molecule has 1 aromatic rings. The molecule has 1 aromatic heterocycles. The smallest absolute Gasteiger partial charge is 0.00996 e. The molecule has 0 saturated carbocycles. The number of fused-ring (bicyclic) bond motifs is 1.